The number of pyridine rings is 1. The predicted octanol–water partition coefficient (Wildman–Crippen LogP) is 4.37. The van der Waals surface area contributed by atoms with Gasteiger partial charge in [0.25, 0.3) is 0 Å². The van der Waals surface area contributed by atoms with E-state index in [1.165, 1.54) is 0 Å². The smallest absolute Gasteiger partial charge is 0.145 e. The Balaban J connectivity index is 2.17. The molecule has 3 nitrogen and oxygen atoms in total. The number of nitrogens with zero attached hydrogens (tertiary/aromatic N) is 2. The number of hydrogen-bond donors (Lipinski definition) is 0. The molecule has 0 aliphatic carbocycles. The van der Waals surface area contributed by atoms with E-state index in [1.54, 1.807) is 18.3 Å². The van der Waals surface area contributed by atoms with Crippen LogP contribution in [0.1, 0.15) is 13.8 Å². The fourth-order valence-corrected chi connectivity index (χ4v) is 2.00. The maximum Gasteiger partial charge on any atom is 0.145 e. The third-order valence-corrected chi connectivity index (χ3v) is 3.11. The van der Waals surface area contributed by atoms with Crippen molar-refractivity contribution in [2.24, 2.45) is 0 Å². The van der Waals surface area contributed by atoms with Crippen LogP contribution in [0.2, 0.25) is 5.15 Å². The summed E-state index contributed by atoms with van der Waals surface area (Å²) in [6.07, 6.45) is 1.62. The lowest BCUT2D eigenvalue weighted by Crippen LogP contribution is -2.21. The summed E-state index contributed by atoms with van der Waals surface area (Å²) in [6.45, 7) is 6.23. The first-order valence-corrected chi connectivity index (χ1v) is 6.75. The Morgan fingerprint density at radius 2 is 1.89 bits per heavy atom. The molecule has 0 fully saturated rings. The number of benzene rings is 1. The van der Waals surface area contributed by atoms with Gasteiger partial charge in [0.05, 0.1) is 6.20 Å². The minimum Gasteiger partial charge on any atom is -0.456 e. The second-order valence-electron chi connectivity index (χ2n) is 4.09. The maximum atomic E-state index is 5.77. The van der Waals surface area contributed by atoms with Crippen LogP contribution in [-0.2, 0) is 0 Å². The number of hydrogen-bond acceptors (Lipinski definition) is 3. The van der Waals surface area contributed by atoms with E-state index in [0.29, 0.717) is 10.9 Å². The van der Waals surface area contributed by atoms with Crippen molar-refractivity contribution in [3.8, 4) is 11.5 Å². The van der Waals surface area contributed by atoms with E-state index in [2.05, 4.69) is 29.8 Å². The Hall–Kier alpha value is -1.74. The highest BCUT2D eigenvalue weighted by atomic mass is 35.5. The van der Waals surface area contributed by atoms with Crippen LogP contribution in [-0.4, -0.2) is 18.1 Å². The molecule has 0 aliphatic rings. The van der Waals surface area contributed by atoms with Gasteiger partial charge in [-0.2, -0.15) is 0 Å². The Kier molecular flexibility index (Phi) is 4.63. The van der Waals surface area contributed by atoms with E-state index in [9.17, 15) is 0 Å². The molecule has 0 radical (unpaired) electrons. The van der Waals surface area contributed by atoms with Crippen LogP contribution >= 0.6 is 11.6 Å². The normalized spacial score (nSPS) is 10.3. The first kappa shape index (κ1) is 13.7. The fourth-order valence-electron chi connectivity index (χ4n) is 1.89. The fraction of sp³-hybridized carbons (Fsp3) is 0.267. The van der Waals surface area contributed by atoms with E-state index in [0.717, 1.165) is 24.5 Å². The lowest BCUT2D eigenvalue weighted by atomic mass is 10.2. The average Bonchev–Trinajstić information content (AvgIpc) is 2.43. The van der Waals surface area contributed by atoms with E-state index in [1.807, 2.05) is 18.2 Å². The average molecular weight is 277 g/mol. The van der Waals surface area contributed by atoms with Crippen molar-refractivity contribution in [3.05, 3.63) is 47.7 Å². The summed E-state index contributed by atoms with van der Waals surface area (Å²) in [6, 6.07) is 11.6. The quantitative estimate of drug-likeness (QED) is 0.758. The van der Waals surface area contributed by atoms with E-state index < -0.39 is 0 Å². The molecule has 0 spiro atoms. The van der Waals surface area contributed by atoms with Gasteiger partial charge in [-0.1, -0.05) is 17.7 Å². The molecule has 0 bridgehead atoms. The molecule has 0 N–H and O–H groups in total. The molecule has 2 aromatic rings. The molecular formula is C15H17ClN2O. The summed E-state index contributed by atoms with van der Waals surface area (Å²) < 4.78 is 5.77. The third kappa shape index (κ3) is 3.61. The van der Waals surface area contributed by atoms with Gasteiger partial charge < -0.3 is 9.64 Å². The Morgan fingerprint density at radius 3 is 2.53 bits per heavy atom. The van der Waals surface area contributed by atoms with Crippen molar-refractivity contribution >= 4 is 17.3 Å². The highest BCUT2D eigenvalue weighted by Gasteiger charge is 2.04. The van der Waals surface area contributed by atoms with Gasteiger partial charge in [-0.25, -0.2) is 4.98 Å². The molecule has 1 heterocycles. The van der Waals surface area contributed by atoms with Crippen LogP contribution in [0.4, 0.5) is 5.69 Å². The molecule has 0 saturated heterocycles. The molecular weight excluding hydrogens is 260 g/mol. The number of halogens is 1. The largest absolute Gasteiger partial charge is 0.456 e. The lowest BCUT2D eigenvalue weighted by Gasteiger charge is -2.21. The Morgan fingerprint density at radius 1 is 1.11 bits per heavy atom. The van der Waals surface area contributed by atoms with Gasteiger partial charge in [-0.05, 0) is 38.1 Å². The molecule has 0 unspecified atom stereocenters. The van der Waals surface area contributed by atoms with E-state index >= 15 is 0 Å². The molecule has 0 amide bonds. The van der Waals surface area contributed by atoms with Crippen LogP contribution in [0, 0.1) is 0 Å². The molecule has 0 atom stereocenters. The summed E-state index contributed by atoms with van der Waals surface area (Å²) in [7, 11) is 0. The third-order valence-electron chi connectivity index (χ3n) is 2.88. The zero-order valence-electron chi connectivity index (χ0n) is 11.1. The highest BCUT2D eigenvalue weighted by Crippen LogP contribution is 2.26. The van der Waals surface area contributed by atoms with Crippen LogP contribution in [0.25, 0.3) is 0 Å². The highest BCUT2D eigenvalue weighted by molar-refractivity contribution is 6.29. The van der Waals surface area contributed by atoms with Crippen molar-refractivity contribution in [2.75, 3.05) is 18.0 Å². The summed E-state index contributed by atoms with van der Waals surface area (Å²) >= 11 is 5.75. The number of anilines is 1. The van der Waals surface area contributed by atoms with Crippen LogP contribution in [0.15, 0.2) is 42.6 Å². The standard InChI is InChI=1S/C15H17ClN2O/c1-3-18(4-2)12-6-5-7-13(10-12)19-14-8-9-15(16)17-11-14/h5-11H,3-4H2,1-2H3. The molecule has 1 aromatic carbocycles. The number of aromatic nitrogens is 1. The first-order valence-electron chi connectivity index (χ1n) is 6.37. The zero-order valence-corrected chi connectivity index (χ0v) is 11.9. The van der Waals surface area contributed by atoms with Gasteiger partial charge in [0.15, 0.2) is 0 Å². The molecule has 0 aliphatic heterocycles. The second kappa shape index (κ2) is 6.43. The van der Waals surface area contributed by atoms with Crippen LogP contribution < -0.4 is 9.64 Å². The minimum atomic E-state index is 0.462. The number of ether oxygens (including phenoxy) is 1. The monoisotopic (exact) mass is 276 g/mol. The lowest BCUT2D eigenvalue weighted by molar-refractivity contribution is 0.480. The van der Waals surface area contributed by atoms with Crippen molar-refractivity contribution in [3.63, 3.8) is 0 Å². The van der Waals surface area contributed by atoms with Gasteiger partial charge >= 0.3 is 0 Å². The summed E-state index contributed by atoms with van der Waals surface area (Å²) in [4.78, 5) is 6.27. The molecule has 2 rings (SSSR count). The Labute approximate surface area is 118 Å². The van der Waals surface area contributed by atoms with Crippen LogP contribution in [0.5, 0.6) is 11.5 Å². The van der Waals surface area contributed by atoms with E-state index in [-0.39, 0.29) is 0 Å². The summed E-state index contributed by atoms with van der Waals surface area (Å²) in [5, 5.41) is 0.462. The molecule has 100 valence electrons. The molecule has 1 aromatic heterocycles. The Bertz CT molecular complexity index is 524. The maximum absolute atomic E-state index is 5.77. The topological polar surface area (TPSA) is 25.4 Å². The molecule has 0 saturated carbocycles. The van der Waals surface area contributed by atoms with Crippen molar-refractivity contribution < 1.29 is 4.74 Å². The summed E-state index contributed by atoms with van der Waals surface area (Å²) in [5.41, 5.74) is 1.16. The molecule has 19 heavy (non-hydrogen) atoms. The molecule has 4 heteroatoms. The van der Waals surface area contributed by atoms with Gasteiger partial charge in [-0.15, -0.1) is 0 Å². The number of rotatable bonds is 5. The van der Waals surface area contributed by atoms with Crippen molar-refractivity contribution in [1.29, 1.82) is 0 Å². The van der Waals surface area contributed by atoms with Gasteiger partial charge in [0.2, 0.25) is 0 Å². The summed E-state index contributed by atoms with van der Waals surface area (Å²) in [5.74, 6) is 1.48. The van der Waals surface area contributed by atoms with Gasteiger partial charge in [0, 0.05) is 24.8 Å². The zero-order chi connectivity index (χ0) is 13.7. The first-order chi connectivity index (χ1) is 9.22. The van der Waals surface area contributed by atoms with Crippen molar-refractivity contribution in [2.45, 2.75) is 13.8 Å². The SMILES string of the molecule is CCN(CC)c1cccc(Oc2ccc(Cl)nc2)c1. The van der Waals surface area contributed by atoms with Gasteiger partial charge in [0.1, 0.15) is 16.7 Å². The van der Waals surface area contributed by atoms with Crippen molar-refractivity contribution in [1.82, 2.24) is 4.98 Å². The predicted molar refractivity (Wildman–Crippen MR) is 79.3 cm³/mol. The van der Waals surface area contributed by atoms with E-state index in [4.69, 9.17) is 16.3 Å². The minimum absolute atomic E-state index is 0.462. The second-order valence-corrected chi connectivity index (χ2v) is 4.48. The van der Waals surface area contributed by atoms with Gasteiger partial charge in [-0.3, -0.25) is 0 Å². The van der Waals surface area contributed by atoms with Crippen LogP contribution in [0.3, 0.4) is 0 Å².